The molecule has 20 heavy (non-hydrogen) atoms. The van der Waals surface area contributed by atoms with Crippen molar-refractivity contribution in [1.82, 2.24) is 0 Å². The van der Waals surface area contributed by atoms with E-state index in [1.807, 2.05) is 13.0 Å². The van der Waals surface area contributed by atoms with Crippen LogP contribution in [0.1, 0.15) is 21.7 Å². The van der Waals surface area contributed by atoms with E-state index in [0.29, 0.717) is 11.3 Å². The number of aryl methyl sites for hydroxylation is 1. The van der Waals surface area contributed by atoms with Gasteiger partial charge in [-0.25, -0.2) is 4.79 Å². The molecule has 2 aromatic rings. The van der Waals surface area contributed by atoms with Gasteiger partial charge >= 0.3 is 5.97 Å². The summed E-state index contributed by atoms with van der Waals surface area (Å²) >= 11 is 0. The van der Waals surface area contributed by atoms with Crippen LogP contribution in [0.4, 0.5) is 5.69 Å². The summed E-state index contributed by atoms with van der Waals surface area (Å²) in [6.07, 6.45) is 3.94. The van der Waals surface area contributed by atoms with Crippen molar-refractivity contribution in [2.75, 3.05) is 5.32 Å². The lowest BCUT2D eigenvalue weighted by Gasteiger charge is -2.06. The Bertz CT molecular complexity index is 657. The number of nitrogens with one attached hydrogen (secondary N) is 1. The van der Waals surface area contributed by atoms with Crippen LogP contribution >= 0.6 is 0 Å². The van der Waals surface area contributed by atoms with Crippen LogP contribution in [0.25, 0.3) is 6.08 Å². The topological polar surface area (TPSA) is 79.5 Å². The standard InChI is InChI=1S/C15H13NO4/c1-10-7-11(4-5-14(17)18)9-12(8-10)16-15(19)13-3-2-6-20-13/h2-9H,1H3,(H,16,19)(H,17,18)/b5-4+. The summed E-state index contributed by atoms with van der Waals surface area (Å²) in [5.41, 5.74) is 2.19. The maximum absolute atomic E-state index is 11.8. The molecule has 0 unspecified atom stereocenters. The van der Waals surface area contributed by atoms with Crippen LogP contribution in [0.5, 0.6) is 0 Å². The number of aliphatic carboxylic acids is 1. The van der Waals surface area contributed by atoms with Crippen molar-refractivity contribution in [3.8, 4) is 0 Å². The minimum Gasteiger partial charge on any atom is -0.478 e. The van der Waals surface area contributed by atoms with Gasteiger partial charge in [0.15, 0.2) is 5.76 Å². The fourth-order valence-corrected chi connectivity index (χ4v) is 1.75. The van der Waals surface area contributed by atoms with Crippen LogP contribution < -0.4 is 5.32 Å². The maximum atomic E-state index is 11.8. The molecule has 1 amide bonds. The summed E-state index contributed by atoms with van der Waals surface area (Å²) in [5.74, 6) is -1.16. The number of benzene rings is 1. The molecular formula is C15H13NO4. The fraction of sp³-hybridized carbons (Fsp3) is 0.0667. The molecule has 0 saturated carbocycles. The van der Waals surface area contributed by atoms with Gasteiger partial charge in [0.2, 0.25) is 0 Å². The summed E-state index contributed by atoms with van der Waals surface area (Å²) in [7, 11) is 0. The molecule has 0 spiro atoms. The Morgan fingerprint density at radius 2 is 2.10 bits per heavy atom. The highest BCUT2D eigenvalue weighted by molar-refractivity contribution is 6.02. The van der Waals surface area contributed by atoms with E-state index in [9.17, 15) is 9.59 Å². The first kappa shape index (κ1) is 13.6. The van der Waals surface area contributed by atoms with Crippen molar-refractivity contribution in [3.63, 3.8) is 0 Å². The van der Waals surface area contributed by atoms with E-state index in [4.69, 9.17) is 9.52 Å². The first-order valence-electron chi connectivity index (χ1n) is 5.92. The monoisotopic (exact) mass is 271 g/mol. The summed E-state index contributed by atoms with van der Waals surface area (Å²) < 4.78 is 5.00. The van der Waals surface area contributed by atoms with Crippen LogP contribution in [-0.2, 0) is 4.79 Å². The van der Waals surface area contributed by atoms with Gasteiger partial charge in [-0.05, 0) is 48.4 Å². The van der Waals surface area contributed by atoms with Crippen LogP contribution in [0, 0.1) is 6.92 Å². The van der Waals surface area contributed by atoms with Crippen molar-refractivity contribution >= 4 is 23.6 Å². The number of furan rings is 1. The predicted octanol–water partition coefficient (Wildman–Crippen LogP) is 2.94. The Labute approximate surface area is 115 Å². The van der Waals surface area contributed by atoms with Gasteiger partial charge < -0.3 is 14.8 Å². The van der Waals surface area contributed by atoms with E-state index >= 15 is 0 Å². The summed E-state index contributed by atoms with van der Waals surface area (Å²) in [6, 6.07) is 8.50. The number of carbonyl (C=O) groups is 2. The van der Waals surface area contributed by atoms with E-state index in [1.165, 1.54) is 12.3 Å². The van der Waals surface area contributed by atoms with Crippen molar-refractivity contribution in [2.24, 2.45) is 0 Å². The van der Waals surface area contributed by atoms with Gasteiger partial charge in [-0.1, -0.05) is 6.07 Å². The lowest BCUT2D eigenvalue weighted by atomic mass is 10.1. The normalized spacial score (nSPS) is 10.7. The Balaban J connectivity index is 2.20. The zero-order valence-corrected chi connectivity index (χ0v) is 10.8. The highest BCUT2D eigenvalue weighted by atomic mass is 16.4. The Morgan fingerprint density at radius 1 is 1.30 bits per heavy atom. The summed E-state index contributed by atoms with van der Waals surface area (Å²) in [6.45, 7) is 1.86. The number of carboxylic acids is 1. The number of carbonyl (C=O) groups excluding carboxylic acids is 1. The molecule has 1 aromatic heterocycles. The Morgan fingerprint density at radius 3 is 2.75 bits per heavy atom. The quantitative estimate of drug-likeness (QED) is 0.838. The zero-order valence-electron chi connectivity index (χ0n) is 10.8. The third-order valence-electron chi connectivity index (χ3n) is 2.52. The van der Waals surface area contributed by atoms with Gasteiger partial charge in [-0.15, -0.1) is 0 Å². The first-order chi connectivity index (χ1) is 9.54. The number of carboxylic acid groups (broad SMARTS) is 1. The first-order valence-corrected chi connectivity index (χ1v) is 5.92. The molecular weight excluding hydrogens is 258 g/mol. The molecule has 0 radical (unpaired) electrons. The number of hydrogen-bond donors (Lipinski definition) is 2. The molecule has 0 fully saturated rings. The van der Waals surface area contributed by atoms with Crippen LogP contribution in [0.2, 0.25) is 0 Å². The molecule has 1 heterocycles. The molecule has 0 aliphatic heterocycles. The zero-order chi connectivity index (χ0) is 14.5. The maximum Gasteiger partial charge on any atom is 0.328 e. The van der Waals surface area contributed by atoms with E-state index in [1.54, 1.807) is 24.3 Å². The van der Waals surface area contributed by atoms with Crippen LogP contribution in [0.15, 0.2) is 47.1 Å². The molecule has 2 rings (SSSR count). The van der Waals surface area contributed by atoms with Crippen molar-refractivity contribution in [1.29, 1.82) is 0 Å². The third-order valence-corrected chi connectivity index (χ3v) is 2.52. The van der Waals surface area contributed by atoms with E-state index < -0.39 is 5.97 Å². The minimum absolute atomic E-state index is 0.217. The lowest BCUT2D eigenvalue weighted by molar-refractivity contribution is -0.131. The van der Waals surface area contributed by atoms with Crippen LogP contribution in [-0.4, -0.2) is 17.0 Å². The predicted molar refractivity (Wildman–Crippen MR) is 74.5 cm³/mol. The van der Waals surface area contributed by atoms with Crippen molar-refractivity contribution < 1.29 is 19.1 Å². The van der Waals surface area contributed by atoms with Gasteiger partial charge in [-0.2, -0.15) is 0 Å². The number of hydrogen-bond acceptors (Lipinski definition) is 3. The molecule has 0 aliphatic rings. The minimum atomic E-state index is -1.02. The summed E-state index contributed by atoms with van der Waals surface area (Å²) in [5, 5.41) is 11.3. The van der Waals surface area contributed by atoms with Gasteiger partial charge in [0.05, 0.1) is 6.26 Å². The van der Waals surface area contributed by atoms with E-state index in [-0.39, 0.29) is 11.7 Å². The highest BCUT2D eigenvalue weighted by Crippen LogP contribution is 2.17. The lowest BCUT2D eigenvalue weighted by Crippen LogP contribution is -2.11. The second-order valence-electron chi connectivity index (χ2n) is 4.24. The molecule has 102 valence electrons. The highest BCUT2D eigenvalue weighted by Gasteiger charge is 2.09. The second-order valence-corrected chi connectivity index (χ2v) is 4.24. The van der Waals surface area contributed by atoms with Gasteiger partial charge in [0.1, 0.15) is 0 Å². The average Bonchev–Trinajstić information content (AvgIpc) is 2.89. The summed E-state index contributed by atoms with van der Waals surface area (Å²) in [4.78, 5) is 22.4. The fourth-order valence-electron chi connectivity index (χ4n) is 1.75. The Hall–Kier alpha value is -2.82. The van der Waals surface area contributed by atoms with Crippen molar-refractivity contribution in [2.45, 2.75) is 6.92 Å². The van der Waals surface area contributed by atoms with E-state index in [2.05, 4.69) is 5.32 Å². The molecule has 0 saturated heterocycles. The molecule has 0 atom stereocenters. The molecule has 0 bridgehead atoms. The second kappa shape index (κ2) is 5.88. The molecule has 0 aliphatic carbocycles. The van der Waals surface area contributed by atoms with Gasteiger partial charge in [0, 0.05) is 11.8 Å². The Kier molecular flexibility index (Phi) is 4.00. The smallest absolute Gasteiger partial charge is 0.328 e. The molecule has 2 N–H and O–H groups in total. The number of anilines is 1. The average molecular weight is 271 g/mol. The SMILES string of the molecule is Cc1cc(/C=C/C(=O)O)cc(NC(=O)c2ccco2)c1. The van der Waals surface area contributed by atoms with Gasteiger partial charge in [-0.3, -0.25) is 4.79 Å². The molecule has 1 aromatic carbocycles. The number of amides is 1. The molecule has 5 heteroatoms. The van der Waals surface area contributed by atoms with E-state index in [0.717, 1.165) is 11.6 Å². The largest absolute Gasteiger partial charge is 0.478 e. The van der Waals surface area contributed by atoms with Crippen LogP contribution in [0.3, 0.4) is 0 Å². The number of rotatable bonds is 4. The molecule has 5 nitrogen and oxygen atoms in total. The van der Waals surface area contributed by atoms with Gasteiger partial charge in [0.25, 0.3) is 5.91 Å². The third kappa shape index (κ3) is 3.58. The van der Waals surface area contributed by atoms with Crippen molar-refractivity contribution in [3.05, 3.63) is 59.6 Å².